The van der Waals surface area contributed by atoms with Crippen LogP contribution in [-0.4, -0.2) is 22.0 Å². The zero-order chi connectivity index (χ0) is 22.4. The van der Waals surface area contributed by atoms with Crippen LogP contribution in [-0.2, 0) is 13.1 Å². The predicted molar refractivity (Wildman–Crippen MR) is 124 cm³/mol. The van der Waals surface area contributed by atoms with Crippen molar-refractivity contribution in [1.29, 1.82) is 0 Å². The standard InChI is InChI=1S/C20H31N3O2.2C2H6/c1-16-10-14-23(19(25)21-16)15-17-9-8-13-22(18(17)24)12-7-5-6-11-20(2,3)4;2*1-2/h8-9,13H,1,5-7,10-12,14-15H2,2-4H3,(H,21,25);2*1-2H3. The Kier molecular flexibility index (Phi) is 13.0. The number of aryl methyl sites for hydroxylation is 1. The number of amides is 2. The number of nitrogens with zero attached hydrogens (tertiary/aromatic N) is 2. The lowest BCUT2D eigenvalue weighted by molar-refractivity contribution is 0.190. The van der Waals surface area contributed by atoms with Crippen molar-refractivity contribution >= 4 is 6.03 Å². The van der Waals surface area contributed by atoms with Gasteiger partial charge in [0, 0.05) is 37.0 Å². The van der Waals surface area contributed by atoms with Gasteiger partial charge in [-0.15, -0.1) is 0 Å². The first-order valence-corrected chi connectivity index (χ1v) is 11.2. The molecule has 0 aliphatic carbocycles. The Hall–Kier alpha value is -2.04. The van der Waals surface area contributed by atoms with E-state index in [1.165, 1.54) is 12.8 Å². The highest BCUT2D eigenvalue weighted by Gasteiger charge is 2.21. The fourth-order valence-corrected chi connectivity index (χ4v) is 3.02. The molecule has 5 heteroatoms. The Bertz CT molecular complexity index is 671. The second kappa shape index (κ2) is 14.0. The van der Waals surface area contributed by atoms with Crippen molar-refractivity contribution in [3.63, 3.8) is 0 Å². The second-order valence-corrected chi connectivity index (χ2v) is 8.11. The zero-order valence-electron chi connectivity index (χ0n) is 19.8. The number of aromatic nitrogens is 1. The number of hydrogen-bond donors (Lipinski definition) is 1. The number of carbonyl (C=O) groups excluding carboxylic acids is 1. The van der Waals surface area contributed by atoms with E-state index in [0.717, 1.165) is 31.5 Å². The molecule has 0 radical (unpaired) electrons. The number of urea groups is 1. The quantitative estimate of drug-likeness (QED) is 0.571. The van der Waals surface area contributed by atoms with Crippen LogP contribution in [0.4, 0.5) is 4.79 Å². The number of pyridine rings is 1. The Balaban J connectivity index is 0.00000184. The molecule has 2 amide bonds. The normalized spacial score (nSPS) is 13.7. The Morgan fingerprint density at radius 1 is 1.07 bits per heavy atom. The van der Waals surface area contributed by atoms with Gasteiger partial charge in [0.1, 0.15) is 0 Å². The Morgan fingerprint density at radius 3 is 2.31 bits per heavy atom. The summed E-state index contributed by atoms with van der Waals surface area (Å²) in [6.45, 7) is 20.2. The largest absolute Gasteiger partial charge is 0.321 e. The summed E-state index contributed by atoms with van der Waals surface area (Å²) >= 11 is 0. The maximum atomic E-state index is 12.6. The van der Waals surface area contributed by atoms with E-state index in [9.17, 15) is 9.59 Å². The number of nitrogens with one attached hydrogen (secondary N) is 1. The SMILES string of the molecule is C=C1CCN(Cc2cccn(CCCCCC(C)(C)C)c2=O)C(=O)N1.CC.CC. The Labute approximate surface area is 178 Å². The summed E-state index contributed by atoms with van der Waals surface area (Å²) in [5, 5.41) is 2.73. The summed E-state index contributed by atoms with van der Waals surface area (Å²) in [7, 11) is 0. The molecule has 0 spiro atoms. The molecular weight excluding hydrogens is 362 g/mol. The molecule has 29 heavy (non-hydrogen) atoms. The van der Waals surface area contributed by atoms with Crippen molar-refractivity contribution in [2.45, 2.75) is 93.7 Å². The molecule has 0 unspecified atom stereocenters. The first-order chi connectivity index (χ1) is 13.8. The van der Waals surface area contributed by atoms with Crippen molar-refractivity contribution in [1.82, 2.24) is 14.8 Å². The monoisotopic (exact) mass is 405 g/mol. The van der Waals surface area contributed by atoms with E-state index in [1.54, 1.807) is 9.47 Å². The van der Waals surface area contributed by atoms with Gasteiger partial charge in [0.15, 0.2) is 0 Å². The van der Waals surface area contributed by atoms with Crippen LogP contribution >= 0.6 is 0 Å². The van der Waals surface area contributed by atoms with Crippen molar-refractivity contribution < 1.29 is 4.79 Å². The van der Waals surface area contributed by atoms with E-state index in [2.05, 4.69) is 32.7 Å². The van der Waals surface area contributed by atoms with E-state index >= 15 is 0 Å². The fraction of sp³-hybridized carbons (Fsp3) is 0.667. The highest BCUT2D eigenvalue weighted by atomic mass is 16.2. The average molecular weight is 406 g/mol. The molecule has 0 aromatic carbocycles. The van der Waals surface area contributed by atoms with E-state index in [-0.39, 0.29) is 11.6 Å². The summed E-state index contributed by atoms with van der Waals surface area (Å²) in [5.74, 6) is 0. The van der Waals surface area contributed by atoms with E-state index in [1.807, 2.05) is 46.0 Å². The molecule has 1 saturated heterocycles. The summed E-state index contributed by atoms with van der Waals surface area (Å²) in [6.07, 6.45) is 7.09. The molecule has 0 saturated carbocycles. The van der Waals surface area contributed by atoms with Gasteiger partial charge in [0.05, 0.1) is 6.54 Å². The van der Waals surface area contributed by atoms with Crippen LogP contribution in [0.25, 0.3) is 0 Å². The van der Waals surface area contributed by atoms with Crippen LogP contribution in [0.2, 0.25) is 0 Å². The highest BCUT2D eigenvalue weighted by Crippen LogP contribution is 2.22. The molecule has 5 nitrogen and oxygen atoms in total. The van der Waals surface area contributed by atoms with Crippen LogP contribution in [0.5, 0.6) is 0 Å². The van der Waals surface area contributed by atoms with Crippen LogP contribution in [0.1, 0.15) is 86.1 Å². The summed E-state index contributed by atoms with van der Waals surface area (Å²) in [4.78, 5) is 26.3. The number of hydrogen-bond acceptors (Lipinski definition) is 2. The minimum atomic E-state index is -0.173. The van der Waals surface area contributed by atoms with Crippen molar-refractivity contribution in [3.8, 4) is 0 Å². The summed E-state index contributed by atoms with van der Waals surface area (Å²) in [6, 6.07) is 3.54. The minimum absolute atomic E-state index is 0.00974. The van der Waals surface area contributed by atoms with Gasteiger partial charge < -0.3 is 14.8 Å². The maximum Gasteiger partial charge on any atom is 0.321 e. The van der Waals surface area contributed by atoms with Crippen molar-refractivity contribution in [2.75, 3.05) is 6.54 Å². The number of carbonyl (C=O) groups is 1. The second-order valence-electron chi connectivity index (χ2n) is 8.11. The molecule has 0 atom stereocenters. The molecular formula is C24H43N3O2. The van der Waals surface area contributed by atoms with Gasteiger partial charge in [-0.05, 0) is 24.3 Å². The molecule has 166 valence electrons. The van der Waals surface area contributed by atoms with Crippen LogP contribution in [0.15, 0.2) is 35.4 Å². The molecule has 1 N–H and O–H groups in total. The molecule has 1 aliphatic rings. The molecule has 2 heterocycles. The molecule has 1 aromatic heterocycles. The average Bonchev–Trinajstić information content (AvgIpc) is 2.68. The number of rotatable bonds is 7. The van der Waals surface area contributed by atoms with Crippen molar-refractivity contribution in [3.05, 3.63) is 46.5 Å². The smallest absolute Gasteiger partial charge is 0.320 e. The lowest BCUT2D eigenvalue weighted by Crippen LogP contribution is -2.45. The molecule has 2 rings (SSSR count). The third kappa shape index (κ3) is 10.3. The van der Waals surface area contributed by atoms with Crippen LogP contribution < -0.4 is 10.9 Å². The minimum Gasteiger partial charge on any atom is -0.320 e. The fourth-order valence-electron chi connectivity index (χ4n) is 3.02. The molecule has 1 aromatic rings. The summed E-state index contributed by atoms with van der Waals surface area (Å²) in [5.41, 5.74) is 1.79. The zero-order valence-corrected chi connectivity index (χ0v) is 19.8. The van der Waals surface area contributed by atoms with Gasteiger partial charge in [0.2, 0.25) is 0 Å². The van der Waals surface area contributed by atoms with Gasteiger partial charge in [-0.3, -0.25) is 4.79 Å². The van der Waals surface area contributed by atoms with Gasteiger partial charge in [-0.1, -0.05) is 74.0 Å². The molecule has 1 aliphatic heterocycles. The lowest BCUT2D eigenvalue weighted by Gasteiger charge is -2.28. The third-order valence-electron chi connectivity index (χ3n) is 4.54. The first kappa shape index (κ1) is 27.0. The third-order valence-corrected chi connectivity index (χ3v) is 4.54. The molecule has 0 bridgehead atoms. The molecule has 1 fully saturated rings. The highest BCUT2D eigenvalue weighted by molar-refractivity contribution is 5.77. The predicted octanol–water partition coefficient (Wildman–Crippen LogP) is 5.94. The summed E-state index contributed by atoms with van der Waals surface area (Å²) < 4.78 is 1.77. The van der Waals surface area contributed by atoms with E-state index < -0.39 is 0 Å². The first-order valence-electron chi connectivity index (χ1n) is 11.2. The van der Waals surface area contributed by atoms with Gasteiger partial charge in [-0.2, -0.15) is 0 Å². The van der Waals surface area contributed by atoms with Gasteiger partial charge >= 0.3 is 6.03 Å². The Morgan fingerprint density at radius 2 is 1.72 bits per heavy atom. The topological polar surface area (TPSA) is 54.3 Å². The van der Waals surface area contributed by atoms with Gasteiger partial charge in [0.25, 0.3) is 5.56 Å². The number of unbranched alkanes of at least 4 members (excludes halogenated alkanes) is 2. The van der Waals surface area contributed by atoms with E-state index in [4.69, 9.17) is 0 Å². The maximum absolute atomic E-state index is 12.6. The van der Waals surface area contributed by atoms with Crippen LogP contribution in [0, 0.1) is 5.41 Å². The van der Waals surface area contributed by atoms with E-state index in [0.29, 0.717) is 24.1 Å². The van der Waals surface area contributed by atoms with Crippen molar-refractivity contribution in [2.24, 2.45) is 5.41 Å². The van der Waals surface area contributed by atoms with Crippen LogP contribution in [0.3, 0.4) is 0 Å². The van der Waals surface area contributed by atoms with Gasteiger partial charge in [-0.25, -0.2) is 4.79 Å². The lowest BCUT2D eigenvalue weighted by atomic mass is 9.89.